The average molecular weight is 203 g/mol. The lowest BCUT2D eigenvalue weighted by Gasteiger charge is -2.12. The van der Waals surface area contributed by atoms with Gasteiger partial charge in [0.15, 0.2) is 0 Å². The Bertz CT molecular complexity index is 429. The van der Waals surface area contributed by atoms with Crippen molar-refractivity contribution in [3.8, 4) is 0 Å². The molecule has 1 unspecified atom stereocenters. The van der Waals surface area contributed by atoms with E-state index in [1.54, 1.807) is 0 Å². The second-order valence-corrected chi connectivity index (χ2v) is 3.78. The van der Waals surface area contributed by atoms with E-state index in [0.717, 1.165) is 6.42 Å². The van der Waals surface area contributed by atoms with Gasteiger partial charge in [-0.2, -0.15) is 0 Å². The molecule has 0 aliphatic heterocycles. The van der Waals surface area contributed by atoms with Crippen molar-refractivity contribution in [1.29, 1.82) is 0 Å². The molecule has 0 aliphatic rings. The van der Waals surface area contributed by atoms with Crippen LogP contribution in [0.1, 0.15) is 5.56 Å². The molecule has 0 amide bonds. The largest absolute Gasteiger partial charge is 0.361 e. The molecule has 80 valence electrons. The first-order valence-corrected chi connectivity index (χ1v) is 5.27. The summed E-state index contributed by atoms with van der Waals surface area (Å²) in [5.74, 6) is 0. The Labute approximate surface area is 89.7 Å². The number of likely N-dealkylation sites (N-methyl/N-ethyl adjacent to an activating group) is 1. The molecule has 1 aromatic heterocycles. The fraction of sp³-hybridized carbons (Fsp3) is 0.333. The molecule has 0 saturated heterocycles. The van der Waals surface area contributed by atoms with Crippen molar-refractivity contribution in [3.63, 3.8) is 0 Å². The van der Waals surface area contributed by atoms with E-state index in [-0.39, 0.29) is 0 Å². The third-order valence-electron chi connectivity index (χ3n) is 2.83. The summed E-state index contributed by atoms with van der Waals surface area (Å²) < 4.78 is 0. The van der Waals surface area contributed by atoms with Crippen LogP contribution in [0.4, 0.5) is 0 Å². The summed E-state index contributed by atoms with van der Waals surface area (Å²) in [6, 6.07) is 8.70. The molecule has 3 heteroatoms. The van der Waals surface area contributed by atoms with Crippen LogP contribution in [0.2, 0.25) is 0 Å². The Morgan fingerprint density at radius 1 is 1.40 bits per heavy atom. The monoisotopic (exact) mass is 203 g/mol. The summed E-state index contributed by atoms with van der Waals surface area (Å²) in [7, 11) is 1.95. The van der Waals surface area contributed by atoms with Gasteiger partial charge in [0.1, 0.15) is 0 Å². The van der Waals surface area contributed by atoms with Crippen molar-refractivity contribution in [2.75, 3.05) is 13.6 Å². The second kappa shape index (κ2) is 4.47. The standard InChI is InChI=1S/C12H17N3/c1-14-10(7-13)6-9-8-15-12-5-3-2-4-11(9)12/h2-5,8,10,14-15H,6-7,13H2,1H3. The number of hydrogen-bond acceptors (Lipinski definition) is 2. The maximum absolute atomic E-state index is 5.67. The molecular weight excluding hydrogens is 186 g/mol. The number of nitrogens with one attached hydrogen (secondary N) is 2. The minimum absolute atomic E-state index is 0.351. The lowest BCUT2D eigenvalue weighted by atomic mass is 10.1. The number of rotatable bonds is 4. The number of aromatic nitrogens is 1. The Balaban J connectivity index is 2.28. The van der Waals surface area contributed by atoms with Crippen LogP contribution in [0.5, 0.6) is 0 Å². The molecule has 1 heterocycles. The summed E-state index contributed by atoms with van der Waals surface area (Å²) in [5, 5.41) is 4.51. The Hall–Kier alpha value is -1.32. The highest BCUT2D eigenvalue weighted by Crippen LogP contribution is 2.18. The molecule has 0 bridgehead atoms. The molecular formula is C12H17N3. The molecule has 0 saturated carbocycles. The van der Waals surface area contributed by atoms with Gasteiger partial charge in [0.25, 0.3) is 0 Å². The number of hydrogen-bond donors (Lipinski definition) is 3. The van der Waals surface area contributed by atoms with Crippen LogP contribution in [0.15, 0.2) is 30.5 Å². The van der Waals surface area contributed by atoms with Crippen molar-refractivity contribution >= 4 is 10.9 Å². The van der Waals surface area contributed by atoms with Gasteiger partial charge in [0.2, 0.25) is 0 Å². The van der Waals surface area contributed by atoms with Crippen LogP contribution >= 0.6 is 0 Å². The van der Waals surface area contributed by atoms with E-state index in [1.165, 1.54) is 16.5 Å². The normalized spacial score (nSPS) is 13.2. The van der Waals surface area contributed by atoms with Gasteiger partial charge >= 0.3 is 0 Å². The van der Waals surface area contributed by atoms with Gasteiger partial charge in [0.05, 0.1) is 0 Å². The molecule has 0 fully saturated rings. The minimum Gasteiger partial charge on any atom is -0.361 e. The summed E-state index contributed by atoms with van der Waals surface area (Å²) >= 11 is 0. The van der Waals surface area contributed by atoms with E-state index in [1.807, 2.05) is 13.1 Å². The number of nitrogens with two attached hydrogens (primary N) is 1. The van der Waals surface area contributed by atoms with Crippen molar-refractivity contribution in [3.05, 3.63) is 36.0 Å². The zero-order valence-electron chi connectivity index (χ0n) is 8.96. The van der Waals surface area contributed by atoms with Gasteiger partial charge in [-0.3, -0.25) is 0 Å². The highest BCUT2D eigenvalue weighted by atomic mass is 14.9. The predicted molar refractivity (Wildman–Crippen MR) is 63.9 cm³/mol. The number of benzene rings is 1. The summed E-state index contributed by atoms with van der Waals surface area (Å²) in [6.45, 7) is 0.663. The van der Waals surface area contributed by atoms with Crippen LogP contribution in [0, 0.1) is 0 Å². The third-order valence-corrected chi connectivity index (χ3v) is 2.83. The number of aromatic amines is 1. The van der Waals surface area contributed by atoms with Gasteiger partial charge < -0.3 is 16.0 Å². The fourth-order valence-corrected chi connectivity index (χ4v) is 1.87. The van der Waals surface area contributed by atoms with E-state index < -0.39 is 0 Å². The van der Waals surface area contributed by atoms with Crippen LogP contribution in [0.3, 0.4) is 0 Å². The lowest BCUT2D eigenvalue weighted by Crippen LogP contribution is -2.35. The molecule has 0 aliphatic carbocycles. The highest BCUT2D eigenvalue weighted by molar-refractivity contribution is 5.83. The maximum Gasteiger partial charge on any atom is 0.0456 e. The fourth-order valence-electron chi connectivity index (χ4n) is 1.87. The zero-order chi connectivity index (χ0) is 10.7. The topological polar surface area (TPSA) is 53.8 Å². The van der Waals surface area contributed by atoms with Crippen molar-refractivity contribution < 1.29 is 0 Å². The molecule has 0 spiro atoms. The molecule has 15 heavy (non-hydrogen) atoms. The van der Waals surface area contributed by atoms with Gasteiger partial charge in [-0.25, -0.2) is 0 Å². The van der Waals surface area contributed by atoms with E-state index in [4.69, 9.17) is 5.73 Å². The quantitative estimate of drug-likeness (QED) is 0.700. The Morgan fingerprint density at radius 3 is 2.93 bits per heavy atom. The molecule has 2 aromatic rings. The second-order valence-electron chi connectivity index (χ2n) is 3.78. The number of H-pyrrole nitrogens is 1. The van der Waals surface area contributed by atoms with E-state index >= 15 is 0 Å². The van der Waals surface area contributed by atoms with E-state index in [9.17, 15) is 0 Å². The SMILES string of the molecule is CNC(CN)Cc1c[nH]c2ccccc12. The van der Waals surface area contributed by atoms with Gasteiger partial charge in [-0.1, -0.05) is 18.2 Å². The van der Waals surface area contributed by atoms with Crippen molar-refractivity contribution in [1.82, 2.24) is 10.3 Å². The summed E-state index contributed by atoms with van der Waals surface area (Å²) in [5.41, 5.74) is 8.19. The van der Waals surface area contributed by atoms with Crippen LogP contribution in [-0.2, 0) is 6.42 Å². The summed E-state index contributed by atoms with van der Waals surface area (Å²) in [6.07, 6.45) is 3.04. The minimum atomic E-state index is 0.351. The van der Waals surface area contributed by atoms with Gasteiger partial charge in [0, 0.05) is 29.7 Å². The van der Waals surface area contributed by atoms with Crippen molar-refractivity contribution in [2.45, 2.75) is 12.5 Å². The summed E-state index contributed by atoms with van der Waals surface area (Å²) in [4.78, 5) is 3.27. The highest BCUT2D eigenvalue weighted by Gasteiger charge is 2.08. The third kappa shape index (κ3) is 2.03. The molecule has 2 rings (SSSR count). The molecule has 1 aromatic carbocycles. The maximum atomic E-state index is 5.67. The van der Waals surface area contributed by atoms with Crippen LogP contribution in [-0.4, -0.2) is 24.6 Å². The average Bonchev–Trinajstić information content (AvgIpc) is 2.69. The number of fused-ring (bicyclic) bond motifs is 1. The zero-order valence-corrected chi connectivity index (χ0v) is 8.96. The number of para-hydroxylation sites is 1. The lowest BCUT2D eigenvalue weighted by molar-refractivity contribution is 0.570. The first-order chi connectivity index (χ1) is 7.35. The van der Waals surface area contributed by atoms with E-state index in [0.29, 0.717) is 12.6 Å². The smallest absolute Gasteiger partial charge is 0.0456 e. The predicted octanol–water partition coefficient (Wildman–Crippen LogP) is 1.26. The van der Waals surface area contributed by atoms with Gasteiger partial charge in [-0.15, -0.1) is 0 Å². The first-order valence-electron chi connectivity index (χ1n) is 5.27. The Kier molecular flexibility index (Phi) is 3.04. The Morgan fingerprint density at radius 2 is 2.20 bits per heavy atom. The molecule has 0 radical (unpaired) electrons. The van der Waals surface area contributed by atoms with Crippen LogP contribution in [0.25, 0.3) is 10.9 Å². The molecule has 1 atom stereocenters. The molecule has 3 nitrogen and oxygen atoms in total. The van der Waals surface area contributed by atoms with E-state index in [2.05, 4.69) is 34.7 Å². The van der Waals surface area contributed by atoms with Gasteiger partial charge in [-0.05, 0) is 25.1 Å². The van der Waals surface area contributed by atoms with Crippen molar-refractivity contribution in [2.24, 2.45) is 5.73 Å². The van der Waals surface area contributed by atoms with Crippen LogP contribution < -0.4 is 11.1 Å². The first kappa shape index (κ1) is 10.2. The molecule has 4 N–H and O–H groups in total.